The predicted octanol–water partition coefficient (Wildman–Crippen LogP) is 5.77. The summed E-state index contributed by atoms with van der Waals surface area (Å²) in [6.07, 6.45) is 1.10. The number of rotatable bonds is 10. The van der Waals surface area contributed by atoms with E-state index in [1.807, 2.05) is 0 Å². The average Bonchev–Trinajstić information content (AvgIpc) is 2.83. The first-order valence-corrected chi connectivity index (χ1v) is 18.8. The Bertz CT molecular complexity index is 970. The summed E-state index contributed by atoms with van der Waals surface area (Å²) >= 11 is 1.61. The quantitative estimate of drug-likeness (QED) is 0.173. The van der Waals surface area contributed by atoms with Crippen molar-refractivity contribution in [1.29, 1.82) is 5.26 Å². The molecule has 2 rings (SSSR count). The van der Waals surface area contributed by atoms with Crippen molar-refractivity contribution in [2.75, 3.05) is 19.0 Å². The molecule has 0 unspecified atom stereocenters. The molecule has 1 saturated heterocycles. The van der Waals surface area contributed by atoms with Crippen LogP contribution in [0, 0.1) is 17.1 Å². The molecule has 0 amide bonds. The van der Waals surface area contributed by atoms with Crippen LogP contribution in [0.5, 0.6) is 0 Å². The molecular formula is C24H41BrF2N4O2S2Si. The molecule has 1 aliphatic heterocycles. The van der Waals surface area contributed by atoms with Gasteiger partial charge in [0.05, 0.1) is 14.1 Å². The van der Waals surface area contributed by atoms with Gasteiger partial charge in [0.1, 0.15) is 37.8 Å². The highest BCUT2D eigenvalue weighted by atomic mass is 79.9. The number of hydrogen-bond donors (Lipinski definition) is 3. The van der Waals surface area contributed by atoms with E-state index in [1.165, 1.54) is 0 Å². The van der Waals surface area contributed by atoms with E-state index >= 15 is 8.78 Å². The zero-order valence-electron chi connectivity index (χ0n) is 22.4. The molecule has 0 aliphatic carbocycles. The zero-order valence-corrected chi connectivity index (χ0v) is 26.7. The van der Waals surface area contributed by atoms with Gasteiger partial charge in [-0.1, -0.05) is 49.4 Å². The van der Waals surface area contributed by atoms with Crippen LogP contribution in [0.2, 0.25) is 18.1 Å². The number of nitriles is 1. The van der Waals surface area contributed by atoms with Gasteiger partial charge >= 0.3 is 0 Å². The molecule has 2 heterocycles. The van der Waals surface area contributed by atoms with Gasteiger partial charge in [-0.05, 0) is 67.7 Å². The summed E-state index contributed by atoms with van der Waals surface area (Å²) in [5.74, 6) is -0.954. The fourth-order valence-corrected chi connectivity index (χ4v) is 12.9. The molecule has 0 aromatic carbocycles. The first-order valence-electron chi connectivity index (χ1n) is 12.4. The largest absolute Gasteiger partial charge is 0.598 e. The van der Waals surface area contributed by atoms with Gasteiger partial charge in [0, 0.05) is 23.7 Å². The van der Waals surface area contributed by atoms with Gasteiger partial charge in [0.2, 0.25) is 0 Å². The normalized spacial score (nSPS) is 25.8. The molecule has 3 N–H and O–H groups in total. The van der Waals surface area contributed by atoms with Gasteiger partial charge in [-0.15, -0.1) is 4.72 Å². The summed E-state index contributed by atoms with van der Waals surface area (Å²) in [6, 6.07) is 6.34. The Labute approximate surface area is 229 Å². The van der Waals surface area contributed by atoms with Crippen LogP contribution in [0.4, 0.5) is 8.78 Å². The molecule has 0 spiro atoms. The molecule has 0 radical (unpaired) electrons. The number of alkyl halides is 1. The molecule has 12 heteroatoms. The van der Waals surface area contributed by atoms with Crippen molar-refractivity contribution < 1.29 is 17.9 Å². The monoisotopic (exact) mass is 626 g/mol. The molecule has 1 fully saturated rings. The van der Waals surface area contributed by atoms with Crippen LogP contribution in [-0.4, -0.2) is 50.6 Å². The minimum absolute atomic E-state index is 0.201. The Balaban J connectivity index is 2.86. The molecule has 4 atom stereocenters. The third-order valence-electron chi connectivity index (χ3n) is 7.66. The molecule has 1 aromatic rings. The number of nitrogens with zero attached hydrogens (tertiary/aromatic N) is 2. The molecule has 6 nitrogen and oxygen atoms in total. The second kappa shape index (κ2) is 11.9. The first kappa shape index (κ1) is 32.0. The lowest BCUT2D eigenvalue weighted by Crippen LogP contribution is -2.60. The first-order chi connectivity index (χ1) is 16.6. The number of aromatic nitrogens is 1. The van der Waals surface area contributed by atoms with Crippen LogP contribution in [-0.2, 0) is 16.9 Å². The maximum atomic E-state index is 16.6. The highest BCUT2D eigenvalue weighted by Crippen LogP contribution is 2.59. The molecule has 0 bridgehead atoms. The minimum atomic E-state index is -2.99. The second-order valence-electron chi connectivity index (χ2n) is 10.9. The Kier molecular flexibility index (Phi) is 10.5. The fourth-order valence-electron chi connectivity index (χ4n) is 4.82. The molecular weight excluding hydrogens is 586 g/mol. The fraction of sp³-hybridized carbons (Fsp3) is 0.750. The van der Waals surface area contributed by atoms with Gasteiger partial charge in [0.25, 0.3) is 0 Å². The van der Waals surface area contributed by atoms with E-state index in [9.17, 15) is 14.4 Å². The summed E-state index contributed by atoms with van der Waals surface area (Å²) < 4.78 is 61.5. The summed E-state index contributed by atoms with van der Waals surface area (Å²) in [6.45, 7) is 12.3. The summed E-state index contributed by atoms with van der Waals surface area (Å²) in [4.78, 5) is 4.42. The molecule has 206 valence electrons. The SMILES string of the molecule is CC[Si](CC)(CC)c1cc(Br)nc([C@](CF)(C[S@]2(O)NCCC[C@@]2(C)C#N)N[S@+]([O-])C(C)(C)C)c1F. The van der Waals surface area contributed by atoms with Crippen molar-refractivity contribution in [3.8, 4) is 6.07 Å². The Morgan fingerprint density at radius 3 is 2.42 bits per heavy atom. The Morgan fingerprint density at radius 2 is 1.94 bits per heavy atom. The van der Waals surface area contributed by atoms with Crippen molar-refractivity contribution in [2.24, 2.45) is 0 Å². The number of hydrogen-bond acceptors (Lipinski definition) is 6. The highest BCUT2D eigenvalue weighted by molar-refractivity contribution is 9.10. The number of nitrogens with one attached hydrogen (secondary N) is 2. The molecule has 1 aliphatic rings. The van der Waals surface area contributed by atoms with Crippen LogP contribution in [0.3, 0.4) is 0 Å². The average molecular weight is 628 g/mol. The van der Waals surface area contributed by atoms with Crippen LogP contribution in [0.25, 0.3) is 0 Å². The minimum Gasteiger partial charge on any atom is -0.598 e. The predicted molar refractivity (Wildman–Crippen MR) is 154 cm³/mol. The summed E-state index contributed by atoms with van der Waals surface area (Å²) in [5, 5.41) is 10.5. The van der Waals surface area contributed by atoms with Crippen molar-refractivity contribution in [3.63, 3.8) is 0 Å². The third kappa shape index (κ3) is 5.98. The number of pyridine rings is 1. The highest BCUT2D eigenvalue weighted by Gasteiger charge is 2.55. The topological polar surface area (TPSA) is 104 Å². The number of halogens is 3. The Hall–Kier alpha value is -0.263. The smallest absolute Gasteiger partial charge is 0.147 e. The summed E-state index contributed by atoms with van der Waals surface area (Å²) in [7, 11) is -5.26. The van der Waals surface area contributed by atoms with Crippen LogP contribution in [0.1, 0.15) is 67.0 Å². The van der Waals surface area contributed by atoms with E-state index in [-0.39, 0.29) is 11.4 Å². The van der Waals surface area contributed by atoms with Crippen molar-refractivity contribution in [2.45, 2.75) is 94.5 Å². The molecule has 0 saturated carbocycles. The van der Waals surface area contributed by atoms with E-state index in [2.05, 4.69) is 57.2 Å². The zero-order chi connectivity index (χ0) is 27.6. The van der Waals surface area contributed by atoms with E-state index in [0.717, 1.165) is 18.1 Å². The Morgan fingerprint density at radius 1 is 1.36 bits per heavy atom. The van der Waals surface area contributed by atoms with E-state index < -0.39 is 57.5 Å². The van der Waals surface area contributed by atoms with Gasteiger partial charge < -0.3 is 9.11 Å². The van der Waals surface area contributed by atoms with E-state index in [0.29, 0.717) is 29.2 Å². The van der Waals surface area contributed by atoms with Crippen molar-refractivity contribution >= 4 is 51.0 Å². The lowest BCUT2D eigenvalue weighted by atomic mass is 9.99. The van der Waals surface area contributed by atoms with Crippen LogP contribution in [0.15, 0.2) is 10.7 Å². The van der Waals surface area contributed by atoms with Gasteiger partial charge in [0.15, 0.2) is 0 Å². The standard InChI is InChI=1S/C24H41BrF2N4O2S2Si/c1-8-36(9-2,10-3)18-14-19(25)30-21(20(18)27)24(15-26,31-34(32)22(4,5)6)17-35(33)23(7,16-28)12-11-13-29-35/h14,29,31,33H,8-13,15,17H2,1-7H3/t23-,24-,34+/m0/s1. The lowest BCUT2D eigenvalue weighted by Gasteiger charge is -2.52. The van der Waals surface area contributed by atoms with Gasteiger partial charge in [-0.25, -0.2) is 13.8 Å². The maximum Gasteiger partial charge on any atom is 0.147 e. The lowest BCUT2D eigenvalue weighted by molar-refractivity contribution is 0.288. The van der Waals surface area contributed by atoms with Crippen molar-refractivity contribution in [1.82, 2.24) is 14.4 Å². The van der Waals surface area contributed by atoms with Crippen molar-refractivity contribution in [3.05, 3.63) is 22.2 Å². The van der Waals surface area contributed by atoms with Crippen LogP contribution < -0.4 is 14.6 Å². The van der Waals surface area contributed by atoms with Gasteiger partial charge in [-0.2, -0.15) is 5.26 Å². The van der Waals surface area contributed by atoms with Crippen LogP contribution >= 0.6 is 26.4 Å². The van der Waals surface area contributed by atoms with E-state index in [1.54, 1.807) is 33.8 Å². The maximum absolute atomic E-state index is 16.6. The third-order valence-corrected chi connectivity index (χ3v) is 18.7. The van der Waals surface area contributed by atoms with E-state index in [4.69, 9.17) is 0 Å². The second-order valence-corrected chi connectivity index (χ2v) is 21.8. The summed E-state index contributed by atoms with van der Waals surface area (Å²) in [5.41, 5.74) is -2.12. The molecule has 1 aromatic heterocycles. The molecule has 36 heavy (non-hydrogen) atoms. The van der Waals surface area contributed by atoms with Gasteiger partial charge in [-0.3, -0.25) is 4.72 Å².